The smallest absolute Gasteiger partial charge is 0.341 e. The maximum Gasteiger partial charge on any atom is 0.341 e. The third-order valence-electron chi connectivity index (χ3n) is 2.11. The van der Waals surface area contributed by atoms with Crippen molar-refractivity contribution in [3.05, 3.63) is 33.0 Å². The molecule has 0 radical (unpaired) electrons. The number of halogens is 2. The zero-order chi connectivity index (χ0) is 12.6. The number of aryl methyl sites for hydroxylation is 1. The van der Waals surface area contributed by atoms with Gasteiger partial charge in [-0.15, -0.1) is 0 Å². The summed E-state index contributed by atoms with van der Waals surface area (Å²) >= 11 is 9.03. The molecule has 5 nitrogen and oxygen atoms in total. The van der Waals surface area contributed by atoms with Crippen molar-refractivity contribution in [1.82, 2.24) is 10.1 Å². The van der Waals surface area contributed by atoms with Crippen LogP contribution in [-0.2, 0) is 0 Å². The molecular formula is C10H6BrClN2O3. The lowest BCUT2D eigenvalue weighted by molar-refractivity contribution is 0.0696. The molecule has 2 aromatic heterocycles. The first kappa shape index (κ1) is 12.1. The van der Waals surface area contributed by atoms with Crippen LogP contribution in [0.3, 0.4) is 0 Å². The standard InChI is InChI=1S/C10H6BrClN2O3/c1-4-7(10(15)16)8(17-14-4)6-3-2-5(11)9(12)13-6/h2-3H,1H3,(H,15,16). The van der Waals surface area contributed by atoms with Crippen molar-refractivity contribution in [1.29, 1.82) is 0 Å². The van der Waals surface area contributed by atoms with E-state index in [0.29, 0.717) is 15.9 Å². The number of aromatic carboxylic acids is 1. The molecule has 0 unspecified atom stereocenters. The number of carboxylic acids is 1. The number of nitrogens with zero attached hydrogens (tertiary/aromatic N) is 2. The summed E-state index contributed by atoms with van der Waals surface area (Å²) in [7, 11) is 0. The van der Waals surface area contributed by atoms with Gasteiger partial charge >= 0.3 is 5.97 Å². The highest BCUT2D eigenvalue weighted by atomic mass is 79.9. The fourth-order valence-corrected chi connectivity index (χ4v) is 1.72. The topological polar surface area (TPSA) is 76.2 Å². The summed E-state index contributed by atoms with van der Waals surface area (Å²) in [6, 6.07) is 3.26. The van der Waals surface area contributed by atoms with Crippen LogP contribution in [0.4, 0.5) is 0 Å². The number of hydrogen-bond donors (Lipinski definition) is 1. The Labute approximate surface area is 110 Å². The zero-order valence-corrected chi connectivity index (χ0v) is 10.9. The Kier molecular flexibility index (Phi) is 3.17. The molecule has 0 aliphatic heterocycles. The van der Waals surface area contributed by atoms with E-state index >= 15 is 0 Å². The third kappa shape index (κ3) is 2.18. The second kappa shape index (κ2) is 4.46. The summed E-state index contributed by atoms with van der Waals surface area (Å²) in [5.41, 5.74) is 0.625. The molecule has 2 heterocycles. The molecule has 0 fully saturated rings. The van der Waals surface area contributed by atoms with Gasteiger partial charge in [-0.25, -0.2) is 9.78 Å². The Morgan fingerprint density at radius 3 is 2.82 bits per heavy atom. The molecule has 88 valence electrons. The fourth-order valence-electron chi connectivity index (χ4n) is 1.34. The summed E-state index contributed by atoms with van der Waals surface area (Å²) in [5.74, 6) is -1.01. The molecule has 1 N–H and O–H groups in total. The van der Waals surface area contributed by atoms with Crippen LogP contribution in [0.1, 0.15) is 16.1 Å². The van der Waals surface area contributed by atoms with Gasteiger partial charge in [0.2, 0.25) is 0 Å². The molecule has 0 aromatic carbocycles. The number of pyridine rings is 1. The molecule has 2 rings (SSSR count). The van der Waals surface area contributed by atoms with E-state index in [-0.39, 0.29) is 16.5 Å². The molecule has 0 saturated heterocycles. The Bertz CT molecular complexity index is 597. The molecule has 0 amide bonds. The van der Waals surface area contributed by atoms with Gasteiger partial charge in [0.15, 0.2) is 5.76 Å². The van der Waals surface area contributed by atoms with Gasteiger partial charge in [-0.2, -0.15) is 0 Å². The molecule has 0 aliphatic rings. The van der Waals surface area contributed by atoms with Crippen LogP contribution in [-0.4, -0.2) is 21.2 Å². The van der Waals surface area contributed by atoms with Crippen LogP contribution in [0.25, 0.3) is 11.5 Å². The van der Waals surface area contributed by atoms with Gasteiger partial charge in [-0.1, -0.05) is 16.8 Å². The summed E-state index contributed by atoms with van der Waals surface area (Å²) in [6.45, 7) is 1.55. The van der Waals surface area contributed by atoms with Crippen LogP contribution in [0.2, 0.25) is 5.15 Å². The molecule has 0 saturated carbocycles. The molecule has 7 heteroatoms. The highest BCUT2D eigenvalue weighted by Gasteiger charge is 2.22. The minimum Gasteiger partial charge on any atom is -0.477 e. The second-order valence-electron chi connectivity index (χ2n) is 3.25. The van der Waals surface area contributed by atoms with E-state index in [0.717, 1.165) is 0 Å². The van der Waals surface area contributed by atoms with Crippen molar-refractivity contribution in [3.63, 3.8) is 0 Å². The van der Waals surface area contributed by atoms with Gasteiger partial charge in [-0.05, 0) is 35.0 Å². The molecular weight excluding hydrogens is 311 g/mol. The van der Waals surface area contributed by atoms with Crippen molar-refractivity contribution < 1.29 is 14.4 Å². The lowest BCUT2D eigenvalue weighted by Gasteiger charge is -1.99. The normalized spacial score (nSPS) is 10.5. The van der Waals surface area contributed by atoms with Gasteiger partial charge in [0.25, 0.3) is 0 Å². The van der Waals surface area contributed by atoms with E-state index in [1.807, 2.05) is 0 Å². The second-order valence-corrected chi connectivity index (χ2v) is 4.46. The average Bonchev–Trinajstić information content (AvgIpc) is 2.64. The van der Waals surface area contributed by atoms with Crippen LogP contribution in [0.5, 0.6) is 0 Å². The van der Waals surface area contributed by atoms with Gasteiger partial charge in [0.05, 0.1) is 10.2 Å². The van der Waals surface area contributed by atoms with Gasteiger partial charge in [0.1, 0.15) is 16.4 Å². The lowest BCUT2D eigenvalue weighted by Crippen LogP contribution is -1.99. The highest BCUT2D eigenvalue weighted by molar-refractivity contribution is 9.10. The van der Waals surface area contributed by atoms with E-state index < -0.39 is 5.97 Å². The number of rotatable bonds is 2. The number of carbonyl (C=O) groups is 1. The summed E-state index contributed by atoms with van der Waals surface area (Å²) in [4.78, 5) is 15.1. The van der Waals surface area contributed by atoms with Gasteiger partial charge in [-0.3, -0.25) is 0 Å². The molecule has 0 bridgehead atoms. The first-order valence-electron chi connectivity index (χ1n) is 4.52. The van der Waals surface area contributed by atoms with Crippen molar-refractivity contribution in [2.75, 3.05) is 0 Å². The van der Waals surface area contributed by atoms with Crippen molar-refractivity contribution in [3.8, 4) is 11.5 Å². The first-order chi connectivity index (χ1) is 8.00. The fraction of sp³-hybridized carbons (Fsp3) is 0.100. The maximum absolute atomic E-state index is 11.1. The number of aromatic nitrogens is 2. The number of carboxylic acid groups (broad SMARTS) is 1. The first-order valence-corrected chi connectivity index (χ1v) is 5.69. The third-order valence-corrected chi connectivity index (χ3v) is 3.27. The van der Waals surface area contributed by atoms with E-state index in [2.05, 4.69) is 26.1 Å². The van der Waals surface area contributed by atoms with Gasteiger partial charge in [0, 0.05) is 0 Å². The molecule has 0 spiro atoms. The molecule has 2 aromatic rings. The molecule has 0 aliphatic carbocycles. The minimum atomic E-state index is -1.11. The largest absolute Gasteiger partial charge is 0.477 e. The van der Waals surface area contributed by atoms with Crippen LogP contribution in [0.15, 0.2) is 21.1 Å². The van der Waals surface area contributed by atoms with E-state index in [4.69, 9.17) is 21.2 Å². The average molecular weight is 318 g/mol. The monoisotopic (exact) mass is 316 g/mol. The molecule has 17 heavy (non-hydrogen) atoms. The Morgan fingerprint density at radius 1 is 1.53 bits per heavy atom. The minimum absolute atomic E-state index is 0.00381. The number of hydrogen-bond acceptors (Lipinski definition) is 4. The van der Waals surface area contributed by atoms with Crippen molar-refractivity contribution in [2.45, 2.75) is 6.92 Å². The van der Waals surface area contributed by atoms with E-state index in [1.54, 1.807) is 19.1 Å². The SMILES string of the molecule is Cc1noc(-c2ccc(Br)c(Cl)n2)c1C(=O)O. The van der Waals surface area contributed by atoms with E-state index in [1.165, 1.54) is 0 Å². The lowest BCUT2D eigenvalue weighted by atomic mass is 10.1. The van der Waals surface area contributed by atoms with Crippen molar-refractivity contribution in [2.24, 2.45) is 0 Å². The van der Waals surface area contributed by atoms with Crippen LogP contribution >= 0.6 is 27.5 Å². The summed E-state index contributed by atoms with van der Waals surface area (Å²) < 4.78 is 5.59. The Balaban J connectivity index is 2.60. The summed E-state index contributed by atoms with van der Waals surface area (Å²) in [6.07, 6.45) is 0. The Hall–Kier alpha value is -1.40. The predicted molar refractivity (Wildman–Crippen MR) is 64.1 cm³/mol. The van der Waals surface area contributed by atoms with Crippen LogP contribution in [0, 0.1) is 6.92 Å². The quantitative estimate of drug-likeness (QED) is 0.861. The van der Waals surface area contributed by atoms with Crippen LogP contribution < -0.4 is 0 Å². The van der Waals surface area contributed by atoms with E-state index in [9.17, 15) is 4.79 Å². The van der Waals surface area contributed by atoms with Gasteiger partial charge < -0.3 is 9.63 Å². The Morgan fingerprint density at radius 2 is 2.24 bits per heavy atom. The highest BCUT2D eigenvalue weighted by Crippen LogP contribution is 2.28. The van der Waals surface area contributed by atoms with Crippen molar-refractivity contribution >= 4 is 33.5 Å². The zero-order valence-electron chi connectivity index (χ0n) is 8.57. The summed E-state index contributed by atoms with van der Waals surface area (Å²) in [5, 5.41) is 12.9. The maximum atomic E-state index is 11.1. The predicted octanol–water partition coefficient (Wildman–Crippen LogP) is 3.16. The molecule has 0 atom stereocenters.